The number of sulfonamides is 1. The normalized spacial score (nSPS) is 32.5. The topological polar surface area (TPSA) is 80.0 Å². The van der Waals surface area contributed by atoms with E-state index in [-0.39, 0.29) is 17.1 Å². The van der Waals surface area contributed by atoms with Gasteiger partial charge in [0.2, 0.25) is 5.09 Å². The van der Waals surface area contributed by atoms with Crippen LogP contribution in [-0.2, 0) is 14.8 Å². The van der Waals surface area contributed by atoms with Crippen molar-refractivity contribution in [2.45, 2.75) is 36.5 Å². The molecule has 2 fully saturated rings. The Morgan fingerprint density at radius 2 is 2.20 bits per heavy atom. The van der Waals surface area contributed by atoms with Gasteiger partial charge in [0.1, 0.15) is 0 Å². The number of rotatable bonds is 3. The van der Waals surface area contributed by atoms with Crippen molar-refractivity contribution in [2.75, 3.05) is 19.8 Å². The van der Waals surface area contributed by atoms with E-state index < -0.39 is 16.1 Å². The van der Waals surface area contributed by atoms with E-state index in [1.165, 1.54) is 16.6 Å². The van der Waals surface area contributed by atoms with Crippen molar-refractivity contribution in [2.24, 2.45) is 5.92 Å². The molecule has 1 aromatic heterocycles. The highest BCUT2D eigenvalue weighted by Crippen LogP contribution is 2.34. The molecule has 112 valence electrons. The summed E-state index contributed by atoms with van der Waals surface area (Å²) in [6, 6.07) is 2.70. The third-order valence-electron chi connectivity index (χ3n) is 4.20. The van der Waals surface area contributed by atoms with E-state index >= 15 is 0 Å². The number of hydrogen-bond acceptors (Lipinski definition) is 5. The van der Waals surface area contributed by atoms with Crippen LogP contribution in [0.2, 0.25) is 0 Å². The number of furan rings is 1. The molecule has 1 N–H and O–H groups in total. The standard InChI is InChI=1S/C13H19NO5S/c15-12-4-1-3-10(12)11-9-18-8-6-14(11)20(16,17)13-5-2-7-19-13/h2,5,7,10-12,15H,1,3-4,6,8-9H2/t10-,11-,12+/m1/s1. The van der Waals surface area contributed by atoms with E-state index in [4.69, 9.17) is 9.15 Å². The maximum atomic E-state index is 12.6. The summed E-state index contributed by atoms with van der Waals surface area (Å²) in [5.41, 5.74) is 0. The van der Waals surface area contributed by atoms with Crippen molar-refractivity contribution < 1.29 is 22.7 Å². The van der Waals surface area contributed by atoms with Crippen LogP contribution in [-0.4, -0.2) is 49.7 Å². The lowest BCUT2D eigenvalue weighted by Crippen LogP contribution is -2.53. The second kappa shape index (κ2) is 5.48. The van der Waals surface area contributed by atoms with E-state index in [1.54, 1.807) is 6.07 Å². The van der Waals surface area contributed by atoms with Crippen LogP contribution in [0, 0.1) is 5.92 Å². The molecule has 0 bridgehead atoms. The van der Waals surface area contributed by atoms with Crippen molar-refractivity contribution in [1.29, 1.82) is 0 Å². The van der Waals surface area contributed by atoms with Crippen LogP contribution in [0.4, 0.5) is 0 Å². The minimum Gasteiger partial charge on any atom is -0.452 e. The molecule has 3 atom stereocenters. The van der Waals surface area contributed by atoms with Gasteiger partial charge in [-0.1, -0.05) is 6.42 Å². The molecule has 1 aromatic rings. The number of nitrogens with zero attached hydrogens (tertiary/aromatic N) is 1. The molecule has 7 heteroatoms. The molecule has 2 aliphatic rings. The van der Waals surface area contributed by atoms with Gasteiger partial charge in [0, 0.05) is 12.5 Å². The average Bonchev–Trinajstić information content (AvgIpc) is 3.10. The first kappa shape index (κ1) is 14.1. The molecule has 6 nitrogen and oxygen atoms in total. The molecule has 3 rings (SSSR count). The van der Waals surface area contributed by atoms with Crippen LogP contribution < -0.4 is 0 Å². The van der Waals surface area contributed by atoms with Crippen LogP contribution in [0.1, 0.15) is 19.3 Å². The monoisotopic (exact) mass is 301 g/mol. The molecule has 0 radical (unpaired) electrons. The average molecular weight is 301 g/mol. The predicted octanol–water partition coefficient (Wildman–Crippen LogP) is 0.830. The quantitative estimate of drug-likeness (QED) is 0.894. The maximum Gasteiger partial charge on any atom is 0.276 e. The number of ether oxygens (including phenoxy) is 1. The zero-order valence-corrected chi connectivity index (χ0v) is 12.0. The van der Waals surface area contributed by atoms with Crippen LogP contribution in [0.25, 0.3) is 0 Å². The van der Waals surface area contributed by atoms with Gasteiger partial charge in [-0.15, -0.1) is 0 Å². The van der Waals surface area contributed by atoms with Crippen LogP contribution in [0.5, 0.6) is 0 Å². The zero-order valence-electron chi connectivity index (χ0n) is 11.1. The fourth-order valence-electron chi connectivity index (χ4n) is 3.19. The van der Waals surface area contributed by atoms with E-state index in [1.807, 2.05) is 0 Å². The first-order valence-electron chi connectivity index (χ1n) is 6.92. The van der Waals surface area contributed by atoms with Crippen molar-refractivity contribution in [3.05, 3.63) is 18.4 Å². The minimum absolute atomic E-state index is 0.0445. The fraction of sp³-hybridized carbons (Fsp3) is 0.692. The summed E-state index contributed by atoms with van der Waals surface area (Å²) in [5.74, 6) is -0.0555. The molecule has 0 spiro atoms. The van der Waals surface area contributed by atoms with Gasteiger partial charge in [-0.2, -0.15) is 4.31 Å². The van der Waals surface area contributed by atoms with Crippen molar-refractivity contribution in [3.8, 4) is 0 Å². The molecule has 0 amide bonds. The largest absolute Gasteiger partial charge is 0.452 e. The smallest absolute Gasteiger partial charge is 0.276 e. The molecular weight excluding hydrogens is 282 g/mol. The van der Waals surface area contributed by atoms with E-state index in [2.05, 4.69) is 0 Å². The van der Waals surface area contributed by atoms with E-state index in [9.17, 15) is 13.5 Å². The highest BCUT2D eigenvalue weighted by molar-refractivity contribution is 7.89. The summed E-state index contributed by atoms with van der Waals surface area (Å²) in [4.78, 5) is 0. The van der Waals surface area contributed by atoms with Crippen LogP contribution >= 0.6 is 0 Å². The number of hydrogen-bond donors (Lipinski definition) is 1. The lowest BCUT2D eigenvalue weighted by molar-refractivity contribution is -0.0152. The summed E-state index contributed by atoms with van der Waals surface area (Å²) >= 11 is 0. The minimum atomic E-state index is -3.65. The van der Waals surface area contributed by atoms with Crippen LogP contribution in [0.3, 0.4) is 0 Å². The van der Waals surface area contributed by atoms with Crippen molar-refractivity contribution in [1.82, 2.24) is 4.31 Å². The Balaban J connectivity index is 1.89. The Morgan fingerprint density at radius 1 is 1.35 bits per heavy atom. The Morgan fingerprint density at radius 3 is 2.85 bits per heavy atom. The number of aliphatic hydroxyl groups is 1. The van der Waals surface area contributed by atoms with Gasteiger partial charge in [0.05, 0.1) is 31.6 Å². The molecule has 0 unspecified atom stereocenters. The highest BCUT2D eigenvalue weighted by atomic mass is 32.2. The van der Waals surface area contributed by atoms with Gasteiger partial charge in [-0.3, -0.25) is 0 Å². The van der Waals surface area contributed by atoms with Gasteiger partial charge in [0.15, 0.2) is 0 Å². The van der Waals surface area contributed by atoms with Crippen molar-refractivity contribution in [3.63, 3.8) is 0 Å². The highest BCUT2D eigenvalue weighted by Gasteiger charge is 2.43. The molecule has 20 heavy (non-hydrogen) atoms. The predicted molar refractivity (Wildman–Crippen MR) is 70.6 cm³/mol. The second-order valence-corrected chi connectivity index (χ2v) is 7.17. The van der Waals surface area contributed by atoms with E-state index in [0.717, 1.165) is 19.3 Å². The SMILES string of the molecule is O=S(=O)(c1ccco1)N1CCOC[C@@H]1[C@H]1CCC[C@@H]1O. The third-order valence-corrected chi connectivity index (χ3v) is 6.01. The lowest BCUT2D eigenvalue weighted by atomic mass is 9.96. The van der Waals surface area contributed by atoms with Gasteiger partial charge in [-0.25, -0.2) is 8.42 Å². The molecule has 2 heterocycles. The summed E-state index contributed by atoms with van der Waals surface area (Å²) in [5, 5.41) is 10.0. The Hall–Kier alpha value is -0.890. The second-order valence-electron chi connectivity index (χ2n) is 5.35. The zero-order chi connectivity index (χ0) is 14.2. The summed E-state index contributed by atoms with van der Waals surface area (Å²) in [6.45, 7) is 1.01. The van der Waals surface area contributed by atoms with Crippen LogP contribution in [0.15, 0.2) is 27.9 Å². The van der Waals surface area contributed by atoms with E-state index in [0.29, 0.717) is 19.8 Å². The molecule has 0 aromatic carbocycles. The van der Waals surface area contributed by atoms with Crippen molar-refractivity contribution >= 4 is 10.0 Å². The maximum absolute atomic E-state index is 12.6. The van der Waals surface area contributed by atoms with Gasteiger partial charge in [0.25, 0.3) is 10.0 Å². The molecular formula is C13H19NO5S. The summed E-state index contributed by atoms with van der Waals surface area (Å²) in [7, 11) is -3.65. The first-order chi connectivity index (χ1) is 9.60. The lowest BCUT2D eigenvalue weighted by Gasteiger charge is -2.38. The Bertz CT molecular complexity index is 541. The molecule has 1 aliphatic heterocycles. The summed E-state index contributed by atoms with van der Waals surface area (Å²) < 4.78 is 37.2. The summed E-state index contributed by atoms with van der Waals surface area (Å²) in [6.07, 6.45) is 3.40. The number of morpholine rings is 1. The molecule has 1 saturated heterocycles. The fourth-order valence-corrected chi connectivity index (χ4v) is 4.73. The Labute approximate surface area is 118 Å². The third kappa shape index (κ3) is 2.39. The Kier molecular flexibility index (Phi) is 3.85. The first-order valence-corrected chi connectivity index (χ1v) is 8.36. The number of aliphatic hydroxyl groups excluding tert-OH is 1. The molecule has 1 saturated carbocycles. The molecule has 1 aliphatic carbocycles. The van der Waals surface area contributed by atoms with Gasteiger partial charge >= 0.3 is 0 Å². The van der Waals surface area contributed by atoms with Gasteiger partial charge < -0.3 is 14.3 Å². The van der Waals surface area contributed by atoms with Gasteiger partial charge in [-0.05, 0) is 25.0 Å².